The zero-order valence-corrected chi connectivity index (χ0v) is 16.9. The molecule has 0 bridgehead atoms. The van der Waals surface area contributed by atoms with Crippen molar-refractivity contribution >= 4 is 46.5 Å². The van der Waals surface area contributed by atoms with Gasteiger partial charge in [0.05, 0.1) is 4.91 Å². The number of anilines is 1. The second-order valence-corrected chi connectivity index (χ2v) is 7.45. The number of imide groups is 1. The van der Waals surface area contributed by atoms with Gasteiger partial charge >= 0.3 is 0 Å². The number of carbonyl (C=O) groups excluding carboxylic acids is 4. The number of primary amides is 1. The van der Waals surface area contributed by atoms with Crippen LogP contribution < -0.4 is 15.8 Å². The van der Waals surface area contributed by atoms with Crippen LogP contribution in [-0.2, 0) is 14.4 Å². The van der Waals surface area contributed by atoms with E-state index in [2.05, 4.69) is 5.32 Å². The van der Waals surface area contributed by atoms with Gasteiger partial charge in [-0.15, -0.1) is 0 Å². The monoisotopic (exact) mass is 425 g/mol. The van der Waals surface area contributed by atoms with Gasteiger partial charge in [0.2, 0.25) is 5.91 Å². The number of para-hydroxylation sites is 1. The van der Waals surface area contributed by atoms with Crippen LogP contribution in [0.25, 0.3) is 6.08 Å². The van der Waals surface area contributed by atoms with Gasteiger partial charge in [0, 0.05) is 5.69 Å². The number of benzene rings is 2. The minimum atomic E-state index is -0.758. The third-order valence-corrected chi connectivity index (χ3v) is 5.06. The van der Waals surface area contributed by atoms with Crippen molar-refractivity contribution < 1.29 is 23.9 Å². The maximum absolute atomic E-state index is 12.2. The van der Waals surface area contributed by atoms with Crippen molar-refractivity contribution in [2.75, 3.05) is 18.5 Å². The van der Waals surface area contributed by atoms with Gasteiger partial charge in [-0.1, -0.05) is 30.3 Å². The summed E-state index contributed by atoms with van der Waals surface area (Å²) in [5.41, 5.74) is 7.40. The predicted molar refractivity (Wildman–Crippen MR) is 114 cm³/mol. The van der Waals surface area contributed by atoms with Gasteiger partial charge in [-0.2, -0.15) is 0 Å². The number of hydrogen-bond donors (Lipinski definition) is 2. The topological polar surface area (TPSA) is 119 Å². The Balaban J connectivity index is 1.57. The zero-order valence-electron chi connectivity index (χ0n) is 16.1. The number of aryl methyl sites for hydroxylation is 1. The van der Waals surface area contributed by atoms with Crippen molar-refractivity contribution in [1.29, 1.82) is 0 Å². The first-order valence-electron chi connectivity index (χ1n) is 8.95. The summed E-state index contributed by atoms with van der Waals surface area (Å²) in [6.45, 7) is 1.30. The highest BCUT2D eigenvalue weighted by atomic mass is 32.2. The van der Waals surface area contributed by atoms with Crippen LogP contribution in [0, 0.1) is 6.92 Å². The molecule has 1 fully saturated rings. The van der Waals surface area contributed by atoms with E-state index in [1.54, 1.807) is 30.3 Å². The molecule has 0 saturated carbocycles. The molecule has 1 heterocycles. The molecule has 0 spiro atoms. The number of thioether (sulfide) groups is 1. The average Bonchev–Trinajstić information content (AvgIpc) is 2.96. The summed E-state index contributed by atoms with van der Waals surface area (Å²) in [5.74, 6) is -1.12. The minimum Gasteiger partial charge on any atom is -0.484 e. The van der Waals surface area contributed by atoms with Gasteiger partial charge in [-0.05, 0) is 54.1 Å². The molecule has 0 radical (unpaired) electrons. The predicted octanol–water partition coefficient (Wildman–Crippen LogP) is 2.53. The Morgan fingerprint density at radius 2 is 1.83 bits per heavy atom. The van der Waals surface area contributed by atoms with Crippen LogP contribution in [0.1, 0.15) is 11.1 Å². The lowest BCUT2D eigenvalue weighted by Crippen LogP contribution is -2.36. The summed E-state index contributed by atoms with van der Waals surface area (Å²) in [6, 6.07) is 14.1. The highest BCUT2D eigenvalue weighted by Crippen LogP contribution is 2.32. The Hall–Kier alpha value is -3.59. The molecule has 30 heavy (non-hydrogen) atoms. The van der Waals surface area contributed by atoms with Crippen molar-refractivity contribution in [1.82, 2.24) is 4.90 Å². The molecule has 1 saturated heterocycles. The molecule has 2 aromatic carbocycles. The minimum absolute atomic E-state index is 0.153. The fraction of sp³-hybridized carbons (Fsp3) is 0.143. The highest BCUT2D eigenvalue weighted by molar-refractivity contribution is 8.18. The lowest BCUT2D eigenvalue weighted by Gasteiger charge is -2.09. The number of rotatable bonds is 7. The van der Waals surface area contributed by atoms with Crippen molar-refractivity contribution in [3.8, 4) is 5.75 Å². The summed E-state index contributed by atoms with van der Waals surface area (Å²) < 4.78 is 5.49. The molecule has 8 nitrogen and oxygen atoms in total. The molecule has 2 aromatic rings. The average molecular weight is 425 g/mol. The summed E-state index contributed by atoms with van der Waals surface area (Å²) in [7, 11) is 0. The summed E-state index contributed by atoms with van der Waals surface area (Å²) in [4.78, 5) is 48.1. The van der Waals surface area contributed by atoms with Gasteiger partial charge in [-0.25, -0.2) is 0 Å². The van der Waals surface area contributed by atoms with Crippen LogP contribution in [-0.4, -0.2) is 41.0 Å². The quantitative estimate of drug-likeness (QED) is 0.658. The van der Waals surface area contributed by atoms with Crippen LogP contribution in [0.5, 0.6) is 5.75 Å². The molecule has 3 rings (SSSR count). The number of ether oxygens (including phenoxy) is 1. The normalized spacial score (nSPS) is 14.8. The maximum atomic E-state index is 12.2. The van der Waals surface area contributed by atoms with E-state index in [1.165, 1.54) is 0 Å². The Morgan fingerprint density at radius 1 is 1.13 bits per heavy atom. The van der Waals surface area contributed by atoms with E-state index in [1.807, 2.05) is 31.2 Å². The van der Waals surface area contributed by atoms with E-state index < -0.39 is 23.6 Å². The molecule has 0 atom stereocenters. The Labute approximate surface area is 177 Å². The van der Waals surface area contributed by atoms with Gasteiger partial charge in [-0.3, -0.25) is 24.1 Å². The number of hydrogen-bond acceptors (Lipinski definition) is 6. The van der Waals surface area contributed by atoms with Crippen molar-refractivity contribution in [3.05, 3.63) is 64.6 Å². The molecule has 0 aliphatic carbocycles. The second kappa shape index (κ2) is 9.27. The first kappa shape index (κ1) is 21.1. The van der Waals surface area contributed by atoms with Crippen LogP contribution in [0.2, 0.25) is 0 Å². The van der Waals surface area contributed by atoms with Crippen molar-refractivity contribution in [2.24, 2.45) is 5.73 Å². The van der Waals surface area contributed by atoms with E-state index in [0.717, 1.165) is 27.9 Å². The van der Waals surface area contributed by atoms with E-state index >= 15 is 0 Å². The largest absolute Gasteiger partial charge is 0.484 e. The number of nitrogens with one attached hydrogen (secondary N) is 1. The first-order chi connectivity index (χ1) is 14.3. The Morgan fingerprint density at radius 3 is 2.50 bits per heavy atom. The first-order valence-corrected chi connectivity index (χ1v) is 9.77. The SMILES string of the molecule is Cc1ccccc1NC(=O)COc1ccc(/C=C2\SC(=O)N(CC(N)=O)C2=O)cc1. The molecule has 3 N–H and O–H groups in total. The van der Waals surface area contributed by atoms with Gasteiger partial charge < -0.3 is 15.8 Å². The molecular formula is C21H19N3O5S. The van der Waals surface area contributed by atoms with Crippen LogP contribution in [0.15, 0.2) is 53.4 Å². The highest BCUT2D eigenvalue weighted by Gasteiger charge is 2.35. The standard InChI is InChI=1S/C21H19N3O5S/c1-13-4-2-3-5-16(13)23-19(26)12-29-15-8-6-14(7-9-15)10-17-20(27)24(11-18(22)25)21(28)30-17/h2-10H,11-12H2,1H3,(H2,22,25)(H,23,26)/b17-10-. The van der Waals surface area contributed by atoms with Gasteiger partial charge in [0.1, 0.15) is 12.3 Å². The third kappa shape index (κ3) is 5.26. The van der Waals surface area contributed by atoms with Gasteiger partial charge in [0.25, 0.3) is 17.1 Å². The summed E-state index contributed by atoms with van der Waals surface area (Å²) in [5, 5.41) is 2.25. The smallest absolute Gasteiger partial charge is 0.294 e. The third-order valence-electron chi connectivity index (χ3n) is 4.15. The fourth-order valence-corrected chi connectivity index (χ4v) is 3.49. The molecule has 0 aromatic heterocycles. The number of nitrogens with two attached hydrogens (primary N) is 1. The molecular weight excluding hydrogens is 406 g/mol. The lowest BCUT2D eigenvalue weighted by atomic mass is 10.2. The van der Waals surface area contributed by atoms with E-state index in [9.17, 15) is 19.2 Å². The molecule has 4 amide bonds. The summed E-state index contributed by atoms with van der Waals surface area (Å²) >= 11 is 0.746. The van der Waals surface area contributed by atoms with Crippen LogP contribution >= 0.6 is 11.8 Å². The van der Waals surface area contributed by atoms with Crippen LogP contribution in [0.3, 0.4) is 0 Å². The molecule has 9 heteroatoms. The van der Waals surface area contributed by atoms with Gasteiger partial charge in [0.15, 0.2) is 6.61 Å². The Kier molecular flexibility index (Phi) is 6.53. The van der Waals surface area contributed by atoms with Crippen LogP contribution in [0.4, 0.5) is 10.5 Å². The van der Waals surface area contributed by atoms with E-state index in [4.69, 9.17) is 10.5 Å². The van der Waals surface area contributed by atoms with Crippen molar-refractivity contribution in [3.63, 3.8) is 0 Å². The molecule has 1 aliphatic rings. The molecule has 154 valence electrons. The molecule has 0 unspecified atom stereocenters. The van der Waals surface area contributed by atoms with Crippen molar-refractivity contribution in [2.45, 2.75) is 6.92 Å². The fourth-order valence-electron chi connectivity index (χ4n) is 2.65. The maximum Gasteiger partial charge on any atom is 0.294 e. The number of amides is 4. The number of carbonyl (C=O) groups is 4. The number of nitrogens with zero attached hydrogens (tertiary/aromatic N) is 1. The van der Waals surface area contributed by atoms with E-state index in [-0.39, 0.29) is 17.4 Å². The lowest BCUT2D eigenvalue weighted by molar-refractivity contribution is -0.127. The second-order valence-electron chi connectivity index (χ2n) is 6.45. The zero-order chi connectivity index (χ0) is 21.7. The van der Waals surface area contributed by atoms with E-state index in [0.29, 0.717) is 11.3 Å². The summed E-state index contributed by atoms with van der Waals surface area (Å²) in [6.07, 6.45) is 1.54. The molecule has 1 aliphatic heterocycles. The Bertz CT molecular complexity index is 1030.